The second-order valence-electron chi connectivity index (χ2n) is 6.47. The maximum atomic E-state index is 12.1. The lowest BCUT2D eigenvalue weighted by molar-refractivity contribution is -0.117. The number of anilines is 1. The van der Waals surface area contributed by atoms with Crippen molar-refractivity contribution in [1.82, 2.24) is 15.0 Å². The number of nitrogens with one attached hydrogen (secondary N) is 1. The maximum Gasteiger partial charge on any atom is 0.239 e. The fourth-order valence-corrected chi connectivity index (χ4v) is 2.90. The van der Waals surface area contributed by atoms with Crippen LogP contribution in [0.25, 0.3) is 0 Å². The Hall–Kier alpha value is -2.89. The van der Waals surface area contributed by atoms with Crippen molar-refractivity contribution in [1.29, 1.82) is 5.26 Å². The minimum atomic E-state index is -0.0825. The van der Waals surface area contributed by atoms with E-state index >= 15 is 0 Å². The van der Waals surface area contributed by atoms with Crippen LogP contribution in [0.2, 0.25) is 0 Å². The molecule has 142 valence electrons. The van der Waals surface area contributed by atoms with E-state index in [0.29, 0.717) is 30.3 Å². The summed E-state index contributed by atoms with van der Waals surface area (Å²) in [5.41, 5.74) is 0.626. The molecule has 1 amide bonds. The molecule has 3 rings (SSSR count). The van der Waals surface area contributed by atoms with Crippen LogP contribution in [0.5, 0.6) is 5.75 Å². The SMILES string of the molecule is Cc1cc(NC(=O)CN2CCN(CCOc3ccc(C#N)cc3)CC2)no1. The minimum absolute atomic E-state index is 0.0825. The molecule has 1 aromatic heterocycles. The van der Waals surface area contributed by atoms with E-state index in [0.717, 1.165) is 38.5 Å². The van der Waals surface area contributed by atoms with Gasteiger partial charge in [-0.2, -0.15) is 5.26 Å². The first-order valence-corrected chi connectivity index (χ1v) is 8.93. The predicted molar refractivity (Wildman–Crippen MR) is 99.4 cm³/mol. The van der Waals surface area contributed by atoms with Crippen molar-refractivity contribution in [2.45, 2.75) is 6.92 Å². The zero-order chi connectivity index (χ0) is 19.1. The second kappa shape index (κ2) is 9.16. The Morgan fingerprint density at radius 3 is 2.59 bits per heavy atom. The predicted octanol–water partition coefficient (Wildman–Crippen LogP) is 1.49. The summed E-state index contributed by atoms with van der Waals surface area (Å²) < 4.78 is 10.7. The van der Waals surface area contributed by atoms with Crippen molar-refractivity contribution < 1.29 is 14.1 Å². The van der Waals surface area contributed by atoms with E-state index < -0.39 is 0 Å². The highest BCUT2D eigenvalue weighted by atomic mass is 16.5. The van der Waals surface area contributed by atoms with Crippen molar-refractivity contribution >= 4 is 11.7 Å². The fraction of sp³-hybridized carbons (Fsp3) is 0.421. The molecule has 0 unspecified atom stereocenters. The van der Waals surface area contributed by atoms with Crippen molar-refractivity contribution in [3.8, 4) is 11.8 Å². The van der Waals surface area contributed by atoms with Gasteiger partial charge in [0.15, 0.2) is 5.82 Å². The number of ether oxygens (including phenoxy) is 1. The van der Waals surface area contributed by atoms with Gasteiger partial charge in [-0.1, -0.05) is 5.16 Å². The molecule has 1 saturated heterocycles. The van der Waals surface area contributed by atoms with Crippen molar-refractivity contribution in [3.63, 3.8) is 0 Å². The van der Waals surface area contributed by atoms with Gasteiger partial charge in [0.05, 0.1) is 18.2 Å². The molecule has 8 heteroatoms. The number of nitriles is 1. The molecule has 0 aliphatic carbocycles. The number of amides is 1. The first kappa shape index (κ1) is 18.9. The summed E-state index contributed by atoms with van der Waals surface area (Å²) >= 11 is 0. The lowest BCUT2D eigenvalue weighted by atomic mass is 10.2. The number of nitrogens with zero attached hydrogens (tertiary/aromatic N) is 4. The molecule has 8 nitrogen and oxygen atoms in total. The van der Waals surface area contributed by atoms with Gasteiger partial charge in [0.25, 0.3) is 0 Å². The smallest absolute Gasteiger partial charge is 0.239 e. The van der Waals surface area contributed by atoms with E-state index in [2.05, 4.69) is 26.3 Å². The summed E-state index contributed by atoms with van der Waals surface area (Å²) in [6.07, 6.45) is 0. The number of hydrogen-bond donors (Lipinski definition) is 1. The third-order valence-electron chi connectivity index (χ3n) is 4.39. The molecule has 2 aromatic rings. The third kappa shape index (κ3) is 5.81. The molecule has 2 heterocycles. The van der Waals surface area contributed by atoms with Crippen molar-refractivity contribution in [2.75, 3.05) is 51.2 Å². The van der Waals surface area contributed by atoms with Crippen molar-refractivity contribution in [3.05, 3.63) is 41.7 Å². The summed E-state index contributed by atoms with van der Waals surface area (Å²) in [4.78, 5) is 16.5. The number of rotatable bonds is 7. The fourth-order valence-electron chi connectivity index (χ4n) is 2.90. The second-order valence-corrected chi connectivity index (χ2v) is 6.47. The monoisotopic (exact) mass is 369 g/mol. The van der Waals surface area contributed by atoms with E-state index in [9.17, 15) is 4.79 Å². The number of carbonyl (C=O) groups is 1. The molecule has 1 aliphatic rings. The maximum absolute atomic E-state index is 12.1. The molecule has 0 atom stereocenters. The molecular formula is C19H23N5O3. The van der Waals surface area contributed by atoms with Gasteiger partial charge in [-0.3, -0.25) is 14.6 Å². The van der Waals surface area contributed by atoms with Crippen LogP contribution in [-0.2, 0) is 4.79 Å². The summed E-state index contributed by atoms with van der Waals surface area (Å²) in [7, 11) is 0. The topological polar surface area (TPSA) is 94.6 Å². The van der Waals surface area contributed by atoms with Crippen molar-refractivity contribution in [2.24, 2.45) is 0 Å². The Kier molecular flexibility index (Phi) is 6.41. The van der Waals surface area contributed by atoms with Gasteiger partial charge >= 0.3 is 0 Å². The van der Waals surface area contributed by atoms with Gasteiger partial charge in [-0.15, -0.1) is 0 Å². The molecule has 27 heavy (non-hydrogen) atoms. The molecular weight excluding hydrogens is 346 g/mol. The first-order valence-electron chi connectivity index (χ1n) is 8.93. The first-order chi connectivity index (χ1) is 13.1. The van der Waals surface area contributed by atoms with E-state index in [1.807, 2.05) is 12.1 Å². The minimum Gasteiger partial charge on any atom is -0.492 e. The molecule has 0 spiro atoms. The van der Waals surface area contributed by atoms with E-state index in [1.54, 1.807) is 25.1 Å². The van der Waals surface area contributed by atoms with Crippen LogP contribution < -0.4 is 10.1 Å². The zero-order valence-corrected chi connectivity index (χ0v) is 15.4. The van der Waals surface area contributed by atoms with Crippen LogP contribution in [-0.4, -0.2) is 66.7 Å². The number of aryl methyl sites for hydroxylation is 1. The van der Waals surface area contributed by atoms with E-state index in [4.69, 9.17) is 14.5 Å². The average molecular weight is 369 g/mol. The Morgan fingerprint density at radius 1 is 1.26 bits per heavy atom. The number of carbonyl (C=O) groups excluding carboxylic acids is 1. The van der Waals surface area contributed by atoms with Crippen LogP contribution >= 0.6 is 0 Å². The van der Waals surface area contributed by atoms with Crippen LogP contribution in [0.4, 0.5) is 5.82 Å². The van der Waals surface area contributed by atoms with Gasteiger partial charge in [0.1, 0.15) is 18.1 Å². The molecule has 1 aliphatic heterocycles. The zero-order valence-electron chi connectivity index (χ0n) is 15.4. The van der Waals surface area contributed by atoms with E-state index in [-0.39, 0.29) is 5.91 Å². The molecule has 0 saturated carbocycles. The summed E-state index contributed by atoms with van der Waals surface area (Å²) in [5.74, 6) is 1.81. The highest BCUT2D eigenvalue weighted by Gasteiger charge is 2.19. The number of piperazine rings is 1. The lowest BCUT2D eigenvalue weighted by Crippen LogP contribution is -2.49. The average Bonchev–Trinajstić information content (AvgIpc) is 3.08. The molecule has 1 fully saturated rings. The summed E-state index contributed by atoms with van der Waals surface area (Å²) in [6.45, 7) is 7.02. The summed E-state index contributed by atoms with van der Waals surface area (Å²) in [5, 5.41) is 15.3. The Morgan fingerprint density at radius 2 is 1.96 bits per heavy atom. The van der Waals surface area contributed by atoms with Gasteiger partial charge in [-0.05, 0) is 31.2 Å². The quantitative estimate of drug-likeness (QED) is 0.790. The molecule has 0 radical (unpaired) electrons. The molecule has 0 bridgehead atoms. The normalized spacial score (nSPS) is 15.3. The van der Waals surface area contributed by atoms with Gasteiger partial charge in [0, 0.05) is 38.8 Å². The van der Waals surface area contributed by atoms with Crippen LogP contribution in [0.1, 0.15) is 11.3 Å². The van der Waals surface area contributed by atoms with Crippen LogP contribution in [0.3, 0.4) is 0 Å². The Bertz CT molecular complexity index is 788. The van der Waals surface area contributed by atoms with Gasteiger partial charge < -0.3 is 14.6 Å². The Labute approximate surface area is 158 Å². The molecule has 1 N–H and O–H groups in total. The Balaban J connectivity index is 1.32. The number of hydrogen-bond acceptors (Lipinski definition) is 7. The highest BCUT2D eigenvalue weighted by Crippen LogP contribution is 2.12. The number of aromatic nitrogens is 1. The molecule has 1 aromatic carbocycles. The van der Waals surface area contributed by atoms with Gasteiger partial charge in [0.2, 0.25) is 5.91 Å². The van der Waals surface area contributed by atoms with E-state index in [1.165, 1.54) is 0 Å². The number of benzene rings is 1. The highest BCUT2D eigenvalue weighted by molar-refractivity contribution is 5.91. The standard InChI is InChI=1S/C19H23N5O3/c1-15-12-18(22-27-15)21-19(25)14-24-8-6-23(7-9-24)10-11-26-17-4-2-16(13-20)3-5-17/h2-5,12H,6-11,14H2,1H3,(H,21,22,25). The third-order valence-corrected chi connectivity index (χ3v) is 4.39. The van der Waals surface area contributed by atoms with Gasteiger partial charge in [-0.25, -0.2) is 0 Å². The largest absolute Gasteiger partial charge is 0.492 e. The van der Waals surface area contributed by atoms with Crippen LogP contribution in [0.15, 0.2) is 34.9 Å². The summed E-state index contributed by atoms with van der Waals surface area (Å²) in [6, 6.07) is 10.9. The van der Waals surface area contributed by atoms with Crippen LogP contribution in [0, 0.1) is 18.3 Å². The lowest BCUT2D eigenvalue weighted by Gasteiger charge is -2.34.